The molecule has 98 valence electrons. The van der Waals surface area contributed by atoms with E-state index in [-0.39, 0.29) is 0 Å². The molecule has 5 heteroatoms. The van der Waals surface area contributed by atoms with Crippen molar-refractivity contribution in [2.75, 3.05) is 11.1 Å². The van der Waals surface area contributed by atoms with E-state index in [0.29, 0.717) is 6.54 Å². The van der Waals surface area contributed by atoms with Gasteiger partial charge in [-0.25, -0.2) is 0 Å². The summed E-state index contributed by atoms with van der Waals surface area (Å²) in [6.45, 7) is 4.66. The second-order valence-electron chi connectivity index (χ2n) is 4.45. The molecule has 2 aromatic heterocycles. The van der Waals surface area contributed by atoms with Gasteiger partial charge in [0.05, 0.1) is 17.9 Å². The topological polar surface area (TPSA) is 69.0 Å². The molecule has 0 bridgehead atoms. The fourth-order valence-electron chi connectivity index (χ4n) is 1.98. The Bertz CT molecular complexity index is 527. The number of aromatic nitrogens is 2. The van der Waals surface area contributed by atoms with Gasteiger partial charge < -0.3 is 15.5 Å². The summed E-state index contributed by atoms with van der Waals surface area (Å²) in [7, 11) is 1.89. The predicted molar refractivity (Wildman–Crippen MR) is 72.4 cm³/mol. The number of furan rings is 1. The summed E-state index contributed by atoms with van der Waals surface area (Å²) in [5.74, 6) is 2.66. The SMILES string of the molecule is CCCc1nn(C)c(NCc2ccc(C)o2)c1N. The number of nitrogen functional groups attached to an aromatic ring is 1. The Balaban J connectivity index is 2.09. The van der Waals surface area contributed by atoms with Crippen molar-refractivity contribution in [1.82, 2.24) is 9.78 Å². The monoisotopic (exact) mass is 248 g/mol. The smallest absolute Gasteiger partial charge is 0.148 e. The highest BCUT2D eigenvalue weighted by Crippen LogP contribution is 2.23. The van der Waals surface area contributed by atoms with E-state index in [0.717, 1.165) is 41.6 Å². The van der Waals surface area contributed by atoms with Crippen LogP contribution in [-0.2, 0) is 20.0 Å². The number of aryl methyl sites for hydroxylation is 3. The lowest BCUT2D eigenvalue weighted by atomic mass is 10.2. The second-order valence-corrected chi connectivity index (χ2v) is 4.45. The van der Waals surface area contributed by atoms with E-state index in [1.54, 1.807) is 4.68 Å². The Hall–Kier alpha value is -1.91. The summed E-state index contributed by atoms with van der Waals surface area (Å²) in [5.41, 5.74) is 7.78. The van der Waals surface area contributed by atoms with Crippen LogP contribution in [0.25, 0.3) is 0 Å². The normalized spacial score (nSPS) is 10.8. The maximum Gasteiger partial charge on any atom is 0.148 e. The number of rotatable bonds is 5. The van der Waals surface area contributed by atoms with Crippen molar-refractivity contribution in [3.63, 3.8) is 0 Å². The van der Waals surface area contributed by atoms with Crippen LogP contribution in [0.2, 0.25) is 0 Å². The summed E-state index contributed by atoms with van der Waals surface area (Å²) in [6.07, 6.45) is 1.94. The van der Waals surface area contributed by atoms with Gasteiger partial charge in [-0.15, -0.1) is 0 Å². The molecular weight excluding hydrogens is 228 g/mol. The molecule has 2 heterocycles. The van der Waals surface area contributed by atoms with Crippen LogP contribution in [0.3, 0.4) is 0 Å². The summed E-state index contributed by atoms with van der Waals surface area (Å²) in [4.78, 5) is 0. The number of nitrogens with two attached hydrogens (primary N) is 1. The van der Waals surface area contributed by atoms with Crippen molar-refractivity contribution in [1.29, 1.82) is 0 Å². The van der Waals surface area contributed by atoms with Crippen LogP contribution in [-0.4, -0.2) is 9.78 Å². The molecule has 0 radical (unpaired) electrons. The highest BCUT2D eigenvalue weighted by molar-refractivity contribution is 5.65. The van der Waals surface area contributed by atoms with Crippen LogP contribution >= 0.6 is 0 Å². The molecule has 2 rings (SSSR count). The van der Waals surface area contributed by atoms with Gasteiger partial charge in [-0.3, -0.25) is 4.68 Å². The molecule has 0 aliphatic carbocycles. The van der Waals surface area contributed by atoms with Crippen LogP contribution in [0.15, 0.2) is 16.5 Å². The Morgan fingerprint density at radius 1 is 1.44 bits per heavy atom. The molecule has 0 fully saturated rings. The van der Waals surface area contributed by atoms with Crippen LogP contribution in [0, 0.1) is 6.92 Å². The minimum atomic E-state index is 0.614. The van der Waals surface area contributed by atoms with Crippen molar-refractivity contribution in [3.05, 3.63) is 29.3 Å². The first-order chi connectivity index (χ1) is 8.61. The van der Waals surface area contributed by atoms with Crippen LogP contribution in [0.5, 0.6) is 0 Å². The lowest BCUT2D eigenvalue weighted by Crippen LogP contribution is -2.05. The van der Waals surface area contributed by atoms with Gasteiger partial charge >= 0.3 is 0 Å². The number of nitrogens with zero attached hydrogens (tertiary/aromatic N) is 2. The van der Waals surface area contributed by atoms with Crippen LogP contribution < -0.4 is 11.1 Å². The van der Waals surface area contributed by atoms with Crippen molar-refractivity contribution < 1.29 is 4.42 Å². The fourth-order valence-corrected chi connectivity index (χ4v) is 1.98. The number of hydrogen-bond donors (Lipinski definition) is 2. The molecule has 0 spiro atoms. The Morgan fingerprint density at radius 2 is 2.22 bits per heavy atom. The Kier molecular flexibility index (Phi) is 3.60. The molecule has 0 aliphatic rings. The van der Waals surface area contributed by atoms with Gasteiger partial charge in [0.15, 0.2) is 0 Å². The summed E-state index contributed by atoms with van der Waals surface area (Å²) in [6, 6.07) is 3.91. The van der Waals surface area contributed by atoms with Crippen molar-refractivity contribution in [3.8, 4) is 0 Å². The van der Waals surface area contributed by atoms with Gasteiger partial charge in [0.1, 0.15) is 17.3 Å². The predicted octanol–water partition coefficient (Wildman–Crippen LogP) is 2.47. The molecule has 2 aromatic rings. The summed E-state index contributed by atoms with van der Waals surface area (Å²) in [5, 5.41) is 7.69. The molecular formula is C13H20N4O. The van der Waals surface area contributed by atoms with Gasteiger partial charge in [0, 0.05) is 7.05 Å². The number of anilines is 2. The molecule has 0 atom stereocenters. The maximum absolute atomic E-state index is 6.08. The van der Waals surface area contributed by atoms with Crippen molar-refractivity contribution >= 4 is 11.5 Å². The minimum Gasteiger partial charge on any atom is -0.465 e. The third-order valence-electron chi connectivity index (χ3n) is 2.87. The van der Waals surface area contributed by atoms with Crippen LogP contribution in [0.4, 0.5) is 11.5 Å². The first-order valence-corrected chi connectivity index (χ1v) is 6.22. The van der Waals surface area contributed by atoms with E-state index >= 15 is 0 Å². The van der Waals surface area contributed by atoms with Crippen molar-refractivity contribution in [2.24, 2.45) is 7.05 Å². The average molecular weight is 248 g/mol. The third kappa shape index (κ3) is 2.50. The van der Waals surface area contributed by atoms with Gasteiger partial charge in [-0.2, -0.15) is 5.10 Å². The molecule has 5 nitrogen and oxygen atoms in total. The Morgan fingerprint density at radius 3 is 2.83 bits per heavy atom. The van der Waals surface area contributed by atoms with Gasteiger partial charge in [0.2, 0.25) is 0 Å². The van der Waals surface area contributed by atoms with E-state index in [4.69, 9.17) is 10.2 Å². The minimum absolute atomic E-state index is 0.614. The number of hydrogen-bond acceptors (Lipinski definition) is 4. The largest absolute Gasteiger partial charge is 0.465 e. The molecule has 0 aromatic carbocycles. The molecule has 0 amide bonds. The van der Waals surface area contributed by atoms with E-state index in [1.807, 2.05) is 26.1 Å². The Labute approximate surface area is 107 Å². The highest BCUT2D eigenvalue weighted by atomic mass is 16.3. The average Bonchev–Trinajstić information content (AvgIpc) is 2.84. The van der Waals surface area contributed by atoms with Crippen LogP contribution in [0.1, 0.15) is 30.6 Å². The zero-order chi connectivity index (χ0) is 13.1. The summed E-state index contributed by atoms with van der Waals surface area (Å²) >= 11 is 0. The zero-order valence-corrected chi connectivity index (χ0v) is 11.2. The molecule has 3 N–H and O–H groups in total. The lowest BCUT2D eigenvalue weighted by Gasteiger charge is -2.05. The molecule has 18 heavy (non-hydrogen) atoms. The highest BCUT2D eigenvalue weighted by Gasteiger charge is 2.12. The molecule has 0 saturated heterocycles. The number of nitrogens with one attached hydrogen (secondary N) is 1. The summed E-state index contributed by atoms with van der Waals surface area (Å²) < 4.78 is 7.29. The maximum atomic E-state index is 6.08. The van der Waals surface area contributed by atoms with E-state index in [2.05, 4.69) is 17.3 Å². The zero-order valence-electron chi connectivity index (χ0n) is 11.2. The van der Waals surface area contributed by atoms with E-state index < -0.39 is 0 Å². The standard InChI is InChI=1S/C13H20N4O/c1-4-5-11-12(14)13(17(3)16-11)15-8-10-7-6-9(2)18-10/h6-7,15H,4-5,8,14H2,1-3H3. The van der Waals surface area contributed by atoms with E-state index in [9.17, 15) is 0 Å². The lowest BCUT2D eigenvalue weighted by molar-refractivity contribution is 0.490. The first kappa shape index (κ1) is 12.5. The first-order valence-electron chi connectivity index (χ1n) is 6.22. The van der Waals surface area contributed by atoms with E-state index in [1.165, 1.54) is 0 Å². The third-order valence-corrected chi connectivity index (χ3v) is 2.87. The molecule has 0 aliphatic heterocycles. The molecule has 0 unspecified atom stereocenters. The van der Waals surface area contributed by atoms with Gasteiger partial charge in [-0.1, -0.05) is 13.3 Å². The van der Waals surface area contributed by atoms with Crippen molar-refractivity contribution in [2.45, 2.75) is 33.2 Å². The van der Waals surface area contributed by atoms with Gasteiger partial charge in [-0.05, 0) is 25.5 Å². The fraction of sp³-hybridized carbons (Fsp3) is 0.462. The second kappa shape index (κ2) is 5.16. The van der Waals surface area contributed by atoms with Gasteiger partial charge in [0.25, 0.3) is 0 Å². The molecule has 0 saturated carbocycles. The quantitative estimate of drug-likeness (QED) is 0.852.